The van der Waals surface area contributed by atoms with Crippen molar-refractivity contribution >= 4 is 17.2 Å². The molecule has 5 nitrogen and oxygen atoms in total. The van der Waals surface area contributed by atoms with E-state index in [1.165, 1.54) is 25.1 Å². The molecule has 5 rings (SSSR count). The zero-order valence-electron chi connectivity index (χ0n) is 14.6. The lowest BCUT2D eigenvalue weighted by atomic mass is 10.0. The van der Waals surface area contributed by atoms with E-state index in [4.69, 9.17) is 16.6 Å². The molecule has 0 spiro atoms. The van der Waals surface area contributed by atoms with Gasteiger partial charge in [-0.25, -0.2) is 4.98 Å². The highest BCUT2D eigenvalue weighted by Gasteiger charge is 2.30. The molecule has 0 amide bonds. The van der Waals surface area contributed by atoms with Crippen molar-refractivity contribution in [1.29, 1.82) is 0 Å². The molecule has 6 heteroatoms. The van der Waals surface area contributed by atoms with E-state index in [0.717, 1.165) is 42.6 Å². The second-order valence-electron chi connectivity index (χ2n) is 7.43. The molecular weight excluding hydrogens is 346 g/mol. The van der Waals surface area contributed by atoms with Crippen LogP contribution in [0, 0.1) is 5.92 Å². The molecule has 0 aliphatic carbocycles. The summed E-state index contributed by atoms with van der Waals surface area (Å²) in [6, 6.07) is 10.6. The Hall–Kier alpha value is -1.95. The van der Waals surface area contributed by atoms with Crippen LogP contribution in [-0.2, 0) is 6.54 Å². The molecule has 2 unspecified atom stereocenters. The Morgan fingerprint density at radius 1 is 1.23 bits per heavy atom. The van der Waals surface area contributed by atoms with E-state index in [9.17, 15) is 0 Å². The van der Waals surface area contributed by atoms with Crippen molar-refractivity contribution in [3.8, 4) is 11.4 Å². The van der Waals surface area contributed by atoms with E-state index in [1.54, 1.807) is 6.20 Å². The normalized spacial score (nSPS) is 23.4. The minimum absolute atomic E-state index is 0.624. The summed E-state index contributed by atoms with van der Waals surface area (Å²) in [5, 5.41) is 4.31. The third kappa shape index (κ3) is 3.00. The lowest BCUT2D eigenvalue weighted by molar-refractivity contribution is 0.239. The van der Waals surface area contributed by atoms with Crippen LogP contribution in [0.4, 0.5) is 0 Å². The lowest BCUT2D eigenvalue weighted by Crippen LogP contribution is -2.38. The Kier molecular flexibility index (Phi) is 4.15. The Labute approximate surface area is 158 Å². The molecular formula is C20H22ClN5. The summed E-state index contributed by atoms with van der Waals surface area (Å²) in [4.78, 5) is 11.9. The topological polar surface area (TPSA) is 45.5 Å². The van der Waals surface area contributed by atoms with Gasteiger partial charge < -0.3 is 9.72 Å². The lowest BCUT2D eigenvalue weighted by Gasteiger charge is -2.25. The monoisotopic (exact) mass is 367 g/mol. The van der Waals surface area contributed by atoms with Gasteiger partial charge in [0.15, 0.2) is 0 Å². The molecule has 2 aliphatic heterocycles. The predicted octanol–water partition coefficient (Wildman–Crippen LogP) is 3.23. The highest BCUT2D eigenvalue weighted by atomic mass is 35.5. The number of aromatic nitrogens is 3. The highest BCUT2D eigenvalue weighted by molar-refractivity contribution is 6.30. The van der Waals surface area contributed by atoms with Crippen molar-refractivity contribution in [3.05, 3.63) is 53.4 Å². The standard InChI is InChI=1S/C20H22ClN5/c21-15-4-5-17(23-11-15)20-18(26-7-2-1-3-19(26)24-20)13-25-8-6-14-9-16(12-25)22-10-14/h1-5,7,11,14,16,22H,6,8-10,12-13H2. The Bertz CT molecular complexity index is 920. The Balaban J connectivity index is 1.53. The molecule has 3 aromatic heterocycles. The second-order valence-corrected chi connectivity index (χ2v) is 7.86. The fourth-order valence-electron chi connectivity index (χ4n) is 4.30. The number of rotatable bonds is 3. The molecule has 2 aliphatic rings. The van der Waals surface area contributed by atoms with E-state index in [1.807, 2.05) is 18.2 Å². The molecule has 2 atom stereocenters. The first-order valence-electron chi connectivity index (χ1n) is 9.30. The van der Waals surface area contributed by atoms with Gasteiger partial charge >= 0.3 is 0 Å². The average molecular weight is 368 g/mol. The third-order valence-corrected chi connectivity index (χ3v) is 5.84. The van der Waals surface area contributed by atoms with Gasteiger partial charge in [0.25, 0.3) is 0 Å². The molecule has 0 radical (unpaired) electrons. The number of pyridine rings is 2. The van der Waals surface area contributed by atoms with Gasteiger partial charge in [-0.15, -0.1) is 0 Å². The summed E-state index contributed by atoms with van der Waals surface area (Å²) in [5.41, 5.74) is 4.00. The number of hydrogen-bond acceptors (Lipinski definition) is 4. The number of nitrogens with one attached hydrogen (secondary N) is 1. The van der Waals surface area contributed by atoms with Crippen LogP contribution in [-0.4, -0.2) is 44.9 Å². The maximum absolute atomic E-state index is 6.02. The number of imidazole rings is 1. The maximum atomic E-state index is 6.02. The first-order chi connectivity index (χ1) is 12.8. The van der Waals surface area contributed by atoms with Crippen molar-refractivity contribution in [2.24, 2.45) is 5.92 Å². The SMILES string of the molecule is Clc1ccc(-c2nc3ccccn3c2CN2CCC3CNC(C3)C2)nc1. The zero-order chi connectivity index (χ0) is 17.5. The van der Waals surface area contributed by atoms with Crippen LogP contribution in [0.5, 0.6) is 0 Å². The molecule has 2 bridgehead atoms. The summed E-state index contributed by atoms with van der Waals surface area (Å²) < 4.78 is 2.20. The van der Waals surface area contributed by atoms with E-state index in [2.05, 4.69) is 37.9 Å². The number of hydrogen-bond donors (Lipinski definition) is 1. The van der Waals surface area contributed by atoms with Crippen molar-refractivity contribution in [2.45, 2.75) is 25.4 Å². The molecule has 5 heterocycles. The van der Waals surface area contributed by atoms with Gasteiger partial charge in [0.05, 0.1) is 16.4 Å². The van der Waals surface area contributed by atoms with E-state index in [0.29, 0.717) is 11.1 Å². The van der Waals surface area contributed by atoms with Crippen molar-refractivity contribution < 1.29 is 0 Å². The highest BCUT2D eigenvalue weighted by Crippen LogP contribution is 2.28. The first-order valence-corrected chi connectivity index (χ1v) is 9.68. The average Bonchev–Trinajstić information content (AvgIpc) is 3.18. The van der Waals surface area contributed by atoms with Crippen molar-refractivity contribution in [2.75, 3.05) is 19.6 Å². The van der Waals surface area contributed by atoms with Crippen LogP contribution in [0.3, 0.4) is 0 Å². The summed E-state index contributed by atoms with van der Waals surface area (Å²) in [6.07, 6.45) is 6.38. The Morgan fingerprint density at radius 3 is 3.08 bits per heavy atom. The number of likely N-dealkylation sites (tertiary alicyclic amines) is 1. The Morgan fingerprint density at radius 2 is 2.19 bits per heavy atom. The molecule has 0 saturated carbocycles. The summed E-state index contributed by atoms with van der Waals surface area (Å²) in [6.45, 7) is 4.32. The van der Waals surface area contributed by atoms with Gasteiger partial charge in [-0.3, -0.25) is 9.88 Å². The van der Waals surface area contributed by atoms with Gasteiger partial charge in [-0.1, -0.05) is 17.7 Å². The third-order valence-electron chi connectivity index (χ3n) is 5.62. The van der Waals surface area contributed by atoms with Gasteiger partial charge in [-0.05, 0) is 56.1 Å². The summed E-state index contributed by atoms with van der Waals surface area (Å²) in [7, 11) is 0. The van der Waals surface area contributed by atoms with Crippen molar-refractivity contribution in [3.63, 3.8) is 0 Å². The second kappa shape index (κ2) is 6.65. The molecule has 2 fully saturated rings. The van der Waals surface area contributed by atoms with E-state index in [-0.39, 0.29) is 0 Å². The molecule has 26 heavy (non-hydrogen) atoms. The van der Waals surface area contributed by atoms with Gasteiger partial charge in [-0.2, -0.15) is 0 Å². The largest absolute Gasteiger partial charge is 0.312 e. The smallest absolute Gasteiger partial charge is 0.137 e. The fourth-order valence-corrected chi connectivity index (χ4v) is 4.42. The quantitative estimate of drug-likeness (QED) is 0.772. The van der Waals surface area contributed by atoms with Gasteiger partial charge in [0, 0.05) is 31.5 Å². The van der Waals surface area contributed by atoms with Crippen LogP contribution >= 0.6 is 11.6 Å². The minimum Gasteiger partial charge on any atom is -0.312 e. The predicted molar refractivity (Wildman–Crippen MR) is 103 cm³/mol. The van der Waals surface area contributed by atoms with Gasteiger partial charge in [0.1, 0.15) is 11.3 Å². The minimum atomic E-state index is 0.624. The van der Waals surface area contributed by atoms with E-state index >= 15 is 0 Å². The molecule has 2 saturated heterocycles. The van der Waals surface area contributed by atoms with Gasteiger partial charge in [0.2, 0.25) is 0 Å². The zero-order valence-corrected chi connectivity index (χ0v) is 15.4. The maximum Gasteiger partial charge on any atom is 0.137 e. The summed E-state index contributed by atoms with van der Waals surface area (Å²) in [5.74, 6) is 0.838. The van der Waals surface area contributed by atoms with Crippen molar-refractivity contribution in [1.82, 2.24) is 24.6 Å². The summed E-state index contributed by atoms with van der Waals surface area (Å²) >= 11 is 6.02. The molecule has 0 aromatic carbocycles. The van der Waals surface area contributed by atoms with E-state index < -0.39 is 0 Å². The fraction of sp³-hybridized carbons (Fsp3) is 0.400. The number of fused-ring (bicyclic) bond motifs is 3. The first kappa shape index (κ1) is 16.2. The molecule has 134 valence electrons. The van der Waals surface area contributed by atoms with Crippen LogP contribution in [0.2, 0.25) is 5.02 Å². The van der Waals surface area contributed by atoms with Crippen LogP contribution in [0.15, 0.2) is 42.7 Å². The van der Waals surface area contributed by atoms with Crippen LogP contribution in [0.1, 0.15) is 18.5 Å². The number of halogens is 1. The van der Waals surface area contributed by atoms with Crippen LogP contribution < -0.4 is 5.32 Å². The number of nitrogens with zero attached hydrogens (tertiary/aromatic N) is 4. The molecule has 1 N–H and O–H groups in total. The molecule has 3 aromatic rings. The van der Waals surface area contributed by atoms with Crippen LogP contribution in [0.25, 0.3) is 17.0 Å².